The number of rotatable bonds is 21. The maximum absolute atomic E-state index is 14.1. The number of carbonyl (C=O) groups excluding carboxylic acids is 4. The normalized spacial score (nSPS) is 13.9. The van der Waals surface area contributed by atoms with Crippen LogP contribution in [-0.4, -0.2) is 77.8 Å². The molecule has 1 heterocycles. The third-order valence-corrected chi connectivity index (χ3v) is 8.66. The molecule has 4 rings (SSSR count). The van der Waals surface area contributed by atoms with Crippen molar-refractivity contribution in [1.82, 2.24) is 26.3 Å². The first-order valence-electron chi connectivity index (χ1n) is 17.8. The van der Waals surface area contributed by atoms with Gasteiger partial charge in [0, 0.05) is 37.1 Å². The summed E-state index contributed by atoms with van der Waals surface area (Å²) in [5.74, 6) is -3.56. The summed E-state index contributed by atoms with van der Waals surface area (Å²) in [7, 11) is 0. The largest absolute Gasteiger partial charge is 0.860 e. The van der Waals surface area contributed by atoms with E-state index in [0.717, 1.165) is 16.5 Å². The number of hydrogen-bond donors (Lipinski definition) is 10. The number of H-pyrrole nitrogens is 1. The molecule has 1 aromatic heterocycles. The molecule has 1 aliphatic rings. The Morgan fingerprint density at radius 2 is 1.18 bits per heavy atom. The molecule has 17 heteroatoms. The van der Waals surface area contributed by atoms with Crippen LogP contribution in [0.25, 0.3) is 10.9 Å². The maximum atomic E-state index is 14.1. The predicted molar refractivity (Wildman–Crippen MR) is 209 cm³/mol. The van der Waals surface area contributed by atoms with Crippen molar-refractivity contribution in [2.24, 2.45) is 38.7 Å². The smallest absolute Gasteiger partial charge is 0.243 e. The van der Waals surface area contributed by atoms with E-state index in [0.29, 0.717) is 11.3 Å². The van der Waals surface area contributed by atoms with Crippen molar-refractivity contribution in [3.05, 3.63) is 108 Å². The number of nitrogens with two attached hydrogens (primary N) is 5. The number of benzene rings is 2. The lowest BCUT2D eigenvalue weighted by molar-refractivity contribution is -0.313. The molecule has 0 fully saturated rings. The predicted octanol–water partition coefficient (Wildman–Crippen LogP) is -1.34. The van der Waals surface area contributed by atoms with Crippen LogP contribution < -0.4 is 55.0 Å². The second-order valence-corrected chi connectivity index (χ2v) is 13.0. The molecule has 0 unspecified atom stereocenters. The maximum Gasteiger partial charge on any atom is 0.243 e. The van der Waals surface area contributed by atoms with Crippen LogP contribution >= 0.6 is 0 Å². The Morgan fingerprint density at radius 1 is 0.655 bits per heavy atom. The Bertz CT molecular complexity index is 1900. The molecule has 0 spiro atoms. The van der Waals surface area contributed by atoms with E-state index < -0.39 is 53.7 Å². The fourth-order valence-electron chi connectivity index (χ4n) is 5.87. The average molecular weight is 754 g/mol. The number of primary amides is 1. The van der Waals surface area contributed by atoms with Gasteiger partial charge in [0.2, 0.25) is 23.6 Å². The summed E-state index contributed by atoms with van der Waals surface area (Å²) < 4.78 is 0. The number of carbonyl (C=O) groups is 4. The van der Waals surface area contributed by atoms with E-state index in [1.807, 2.05) is 36.4 Å². The van der Waals surface area contributed by atoms with E-state index in [1.165, 1.54) is 0 Å². The van der Waals surface area contributed by atoms with Crippen LogP contribution in [0.4, 0.5) is 0 Å². The number of hydrogen-bond acceptors (Lipinski definition) is 8. The van der Waals surface area contributed by atoms with Crippen molar-refractivity contribution in [3.8, 4) is 0 Å². The van der Waals surface area contributed by atoms with Crippen molar-refractivity contribution in [2.45, 2.75) is 62.7 Å². The Kier molecular flexibility index (Phi) is 15.2. The summed E-state index contributed by atoms with van der Waals surface area (Å²) in [5, 5.41) is 25.1. The van der Waals surface area contributed by atoms with Crippen LogP contribution in [0.1, 0.15) is 36.9 Å². The van der Waals surface area contributed by atoms with E-state index in [4.69, 9.17) is 28.7 Å². The minimum absolute atomic E-state index is 0.0600. The van der Waals surface area contributed by atoms with Gasteiger partial charge < -0.3 is 60.0 Å². The summed E-state index contributed by atoms with van der Waals surface area (Å²) in [4.78, 5) is 65.4. The highest BCUT2D eigenvalue weighted by molar-refractivity contribution is 5.95. The Labute approximate surface area is 318 Å². The van der Waals surface area contributed by atoms with Crippen molar-refractivity contribution in [2.75, 3.05) is 13.1 Å². The van der Waals surface area contributed by atoms with Gasteiger partial charge in [-0.25, -0.2) is 0 Å². The summed E-state index contributed by atoms with van der Waals surface area (Å²) >= 11 is 0. The highest BCUT2D eigenvalue weighted by Crippen LogP contribution is 2.17. The van der Waals surface area contributed by atoms with Gasteiger partial charge in [0.15, 0.2) is 11.9 Å². The van der Waals surface area contributed by atoms with Gasteiger partial charge in [0.05, 0.1) is 0 Å². The van der Waals surface area contributed by atoms with Crippen LogP contribution in [0.5, 0.6) is 0 Å². The van der Waals surface area contributed by atoms with Crippen molar-refractivity contribution < 1.29 is 24.3 Å². The third kappa shape index (κ3) is 13.3. The van der Waals surface area contributed by atoms with E-state index in [1.54, 1.807) is 48.6 Å². The minimum Gasteiger partial charge on any atom is -0.860 e. The van der Waals surface area contributed by atoms with Crippen molar-refractivity contribution >= 4 is 46.5 Å². The molecule has 0 bridgehead atoms. The fourth-order valence-corrected chi connectivity index (χ4v) is 5.87. The van der Waals surface area contributed by atoms with Crippen LogP contribution in [-0.2, 0) is 32.0 Å². The molecular formula is C38H49N12O5-. The van der Waals surface area contributed by atoms with E-state index in [9.17, 15) is 24.3 Å². The quantitative estimate of drug-likeness (QED) is 0.0264. The summed E-state index contributed by atoms with van der Waals surface area (Å²) in [6.07, 6.45) is 7.51. The van der Waals surface area contributed by atoms with Gasteiger partial charge in [-0.15, -0.1) is 0 Å². The van der Waals surface area contributed by atoms with Crippen LogP contribution in [0.2, 0.25) is 0 Å². The van der Waals surface area contributed by atoms with Gasteiger partial charge in [-0.1, -0.05) is 72.8 Å². The van der Waals surface area contributed by atoms with E-state index in [2.05, 4.69) is 36.2 Å². The lowest BCUT2D eigenvalue weighted by atomic mass is 10.0. The van der Waals surface area contributed by atoms with Gasteiger partial charge in [0.1, 0.15) is 24.2 Å². The number of aliphatic imine (C=N–C) groups is 2. The van der Waals surface area contributed by atoms with Gasteiger partial charge in [-0.05, 0) is 60.2 Å². The van der Waals surface area contributed by atoms with Crippen LogP contribution in [0.15, 0.2) is 106 Å². The van der Waals surface area contributed by atoms with Gasteiger partial charge in [0.25, 0.3) is 0 Å². The second kappa shape index (κ2) is 20.5. The number of aromatic nitrogens is 1. The van der Waals surface area contributed by atoms with Gasteiger partial charge in [-0.2, -0.15) is 0 Å². The standard InChI is InChI=1S/C38H50N12O5/c39-32(51)30(20-23-10-2-1-3-11-23)49-35(54)29(17-9-19-45-38(42)43)47-34(53)28(16-8-18-44-37(40)41)48-36(55)31(50-33(52)24-12-4-5-13-24)22-26-21-25-14-6-7-15-27(25)46-26/h1-7,10-15,21,28-31,46,50,52H,8-9,16-20,22H2,(H2,39,51)(H,47,53)(H,48,55)(H,49,54)(H4,40,41,44)(H4,42,43,45)/p-1/t28-,29-,30-,31-/m0/s1. The Morgan fingerprint density at radius 3 is 1.73 bits per heavy atom. The van der Waals surface area contributed by atoms with Gasteiger partial charge in [-0.3, -0.25) is 29.2 Å². The highest BCUT2D eigenvalue weighted by atomic mass is 16.3. The molecule has 4 atom stereocenters. The Balaban J connectivity index is 1.58. The van der Waals surface area contributed by atoms with Crippen molar-refractivity contribution in [1.29, 1.82) is 0 Å². The first-order valence-corrected chi connectivity index (χ1v) is 17.8. The number of fused-ring (bicyclic) bond motifs is 1. The van der Waals surface area contributed by atoms with E-state index in [-0.39, 0.29) is 63.5 Å². The van der Waals surface area contributed by atoms with Crippen LogP contribution in [0, 0.1) is 0 Å². The van der Waals surface area contributed by atoms with Crippen molar-refractivity contribution in [3.63, 3.8) is 0 Å². The molecule has 0 aliphatic heterocycles. The molecule has 4 amide bonds. The fraction of sp³-hybridized carbons (Fsp3) is 0.316. The molecule has 2 aromatic carbocycles. The SMILES string of the molecule is NC(=O)[C@H](Cc1ccccc1)NC(=O)[C@H](CCCN=C(N)N)NC(=O)[C@H](CCCN=C(N)N)NC(=O)[C@H](Cc1cc2ccccc2[nH]1)NC([O-])=C1C=CC=C1. The summed E-state index contributed by atoms with van der Waals surface area (Å²) in [6, 6.07) is 13.9. The number of amides is 4. The molecule has 0 saturated heterocycles. The van der Waals surface area contributed by atoms with Crippen LogP contribution in [0.3, 0.4) is 0 Å². The molecular weight excluding hydrogens is 704 g/mol. The summed E-state index contributed by atoms with van der Waals surface area (Å²) in [5.41, 5.74) is 30.2. The number of allylic oxidation sites excluding steroid dienone is 5. The molecule has 0 saturated carbocycles. The highest BCUT2D eigenvalue weighted by Gasteiger charge is 2.31. The number of para-hydroxylation sites is 1. The molecule has 0 radical (unpaired) electrons. The zero-order chi connectivity index (χ0) is 39.7. The van der Waals surface area contributed by atoms with E-state index >= 15 is 0 Å². The topological polar surface area (TPSA) is 310 Å². The third-order valence-electron chi connectivity index (χ3n) is 8.66. The molecule has 17 nitrogen and oxygen atoms in total. The molecule has 292 valence electrons. The first kappa shape index (κ1) is 41.0. The Hall–Kier alpha value is -6.78. The number of nitrogens with one attached hydrogen (secondary N) is 5. The molecule has 1 aliphatic carbocycles. The molecule has 3 aromatic rings. The number of guanidine groups is 2. The minimum atomic E-state index is -1.20. The second-order valence-electron chi connectivity index (χ2n) is 13.0. The molecule has 55 heavy (non-hydrogen) atoms. The average Bonchev–Trinajstić information content (AvgIpc) is 3.84. The zero-order valence-electron chi connectivity index (χ0n) is 30.4. The lowest BCUT2D eigenvalue weighted by Gasteiger charge is -2.28. The summed E-state index contributed by atoms with van der Waals surface area (Å²) in [6.45, 7) is 0.304. The number of aromatic amines is 1. The van der Waals surface area contributed by atoms with Gasteiger partial charge >= 0.3 is 0 Å². The first-order chi connectivity index (χ1) is 26.4. The number of nitrogens with zero attached hydrogens (tertiary/aromatic N) is 2. The monoisotopic (exact) mass is 753 g/mol. The molecule has 15 N–H and O–H groups in total. The lowest BCUT2D eigenvalue weighted by Crippen LogP contribution is -2.58. The zero-order valence-corrected chi connectivity index (χ0v) is 30.4.